The summed E-state index contributed by atoms with van der Waals surface area (Å²) >= 11 is 1.56. The van der Waals surface area contributed by atoms with Gasteiger partial charge in [-0.05, 0) is 43.7 Å². The lowest BCUT2D eigenvalue weighted by Crippen LogP contribution is -1.94. The molecule has 1 aliphatic heterocycles. The van der Waals surface area contributed by atoms with Gasteiger partial charge in [0.15, 0.2) is 0 Å². The molecule has 1 N–H and O–H groups in total. The first-order valence-electron chi connectivity index (χ1n) is 7.24. The third-order valence-electron chi connectivity index (χ3n) is 3.98. The highest BCUT2D eigenvalue weighted by Gasteiger charge is 2.26. The molecule has 3 aromatic rings. The Morgan fingerprint density at radius 1 is 1.05 bits per heavy atom. The van der Waals surface area contributed by atoms with E-state index in [9.17, 15) is 4.79 Å². The first-order valence-corrected chi connectivity index (χ1v) is 8.06. The molecule has 2 aromatic carbocycles. The number of H-pyrrole nitrogens is 1. The summed E-state index contributed by atoms with van der Waals surface area (Å²) in [6, 6.07) is 12.4. The second kappa shape index (κ2) is 4.89. The van der Waals surface area contributed by atoms with Gasteiger partial charge in [-0.2, -0.15) is 0 Å². The van der Waals surface area contributed by atoms with E-state index in [1.54, 1.807) is 11.8 Å². The highest BCUT2D eigenvalue weighted by Crippen LogP contribution is 2.41. The standard InChI is InChI=1S/C19H15NOS/c1-11-4-6-17-15(7-11)19(21)18(22-17)9-13-10-20-16-8-12(2)3-5-14(13)16/h3-10,20H,1-2H3/b18-9-. The van der Waals surface area contributed by atoms with Crippen LogP contribution in [0.2, 0.25) is 0 Å². The number of hydrogen-bond donors (Lipinski definition) is 1. The molecule has 3 heteroatoms. The molecule has 0 bridgehead atoms. The minimum Gasteiger partial charge on any atom is -0.361 e. The number of benzene rings is 2. The Labute approximate surface area is 133 Å². The average molecular weight is 305 g/mol. The van der Waals surface area contributed by atoms with E-state index < -0.39 is 0 Å². The summed E-state index contributed by atoms with van der Waals surface area (Å²) in [7, 11) is 0. The molecule has 2 nitrogen and oxygen atoms in total. The normalized spacial score (nSPS) is 15.7. The number of ketones is 1. The van der Waals surface area contributed by atoms with Crippen LogP contribution in [0.5, 0.6) is 0 Å². The van der Waals surface area contributed by atoms with E-state index in [-0.39, 0.29) is 5.78 Å². The Kier molecular flexibility index (Phi) is 2.98. The molecule has 0 spiro atoms. The topological polar surface area (TPSA) is 32.9 Å². The Balaban J connectivity index is 1.79. The molecule has 22 heavy (non-hydrogen) atoms. The molecule has 0 unspecified atom stereocenters. The number of carbonyl (C=O) groups is 1. The van der Waals surface area contributed by atoms with Gasteiger partial charge in [-0.1, -0.05) is 35.5 Å². The van der Waals surface area contributed by atoms with E-state index in [1.807, 2.05) is 31.3 Å². The zero-order valence-electron chi connectivity index (χ0n) is 12.4. The van der Waals surface area contributed by atoms with Crippen LogP contribution in [0, 0.1) is 13.8 Å². The number of aromatic nitrogens is 1. The number of Topliss-reactive ketones (excluding diaryl/α,β-unsaturated/α-hetero) is 1. The lowest BCUT2D eigenvalue weighted by molar-refractivity contribution is 0.104. The van der Waals surface area contributed by atoms with Gasteiger partial charge in [-0.3, -0.25) is 4.79 Å². The van der Waals surface area contributed by atoms with Crippen molar-refractivity contribution in [3.05, 3.63) is 69.8 Å². The summed E-state index contributed by atoms with van der Waals surface area (Å²) in [5, 5.41) is 1.15. The van der Waals surface area contributed by atoms with Gasteiger partial charge < -0.3 is 4.98 Å². The molecular formula is C19H15NOS. The quantitative estimate of drug-likeness (QED) is 0.633. The highest BCUT2D eigenvalue weighted by molar-refractivity contribution is 8.04. The molecule has 0 aliphatic carbocycles. The molecule has 1 aromatic heterocycles. The van der Waals surface area contributed by atoms with Gasteiger partial charge >= 0.3 is 0 Å². The summed E-state index contributed by atoms with van der Waals surface area (Å²) < 4.78 is 0. The van der Waals surface area contributed by atoms with Crippen molar-refractivity contribution in [2.24, 2.45) is 0 Å². The summed E-state index contributed by atoms with van der Waals surface area (Å²) in [5.41, 5.74) is 5.34. The second-order valence-electron chi connectivity index (χ2n) is 5.73. The van der Waals surface area contributed by atoms with Crippen LogP contribution in [0.3, 0.4) is 0 Å². The number of rotatable bonds is 1. The van der Waals surface area contributed by atoms with Crippen LogP contribution in [0.4, 0.5) is 0 Å². The van der Waals surface area contributed by atoms with E-state index in [0.29, 0.717) is 0 Å². The Hall–Kier alpha value is -2.26. The second-order valence-corrected chi connectivity index (χ2v) is 6.82. The molecule has 0 radical (unpaired) electrons. The predicted octanol–water partition coefficient (Wildman–Crippen LogP) is 5.11. The molecule has 1 aliphatic rings. The molecule has 108 valence electrons. The zero-order chi connectivity index (χ0) is 15.3. The highest BCUT2D eigenvalue weighted by atomic mass is 32.2. The maximum Gasteiger partial charge on any atom is 0.200 e. The number of fused-ring (bicyclic) bond motifs is 2. The van der Waals surface area contributed by atoms with Gasteiger partial charge in [0.05, 0.1) is 4.91 Å². The van der Waals surface area contributed by atoms with Crippen LogP contribution in [-0.4, -0.2) is 10.8 Å². The van der Waals surface area contributed by atoms with Crippen LogP contribution in [-0.2, 0) is 0 Å². The number of carbonyl (C=O) groups excluding carboxylic acids is 1. The summed E-state index contributed by atoms with van der Waals surface area (Å²) in [6.07, 6.45) is 3.97. The van der Waals surface area contributed by atoms with Gasteiger partial charge in [0, 0.05) is 33.1 Å². The maximum atomic E-state index is 12.6. The summed E-state index contributed by atoms with van der Waals surface area (Å²) in [5.74, 6) is 0.130. The molecule has 0 saturated carbocycles. The monoisotopic (exact) mass is 305 g/mol. The SMILES string of the molecule is Cc1ccc2c(c1)C(=O)/C(=C/c1c[nH]c3cc(C)ccc13)S2. The van der Waals surface area contributed by atoms with Crippen LogP contribution >= 0.6 is 11.8 Å². The molecule has 4 rings (SSSR count). The molecule has 0 atom stereocenters. The Morgan fingerprint density at radius 3 is 2.68 bits per heavy atom. The lowest BCUT2D eigenvalue weighted by atomic mass is 10.1. The maximum absolute atomic E-state index is 12.6. The van der Waals surface area contributed by atoms with E-state index in [2.05, 4.69) is 36.2 Å². The average Bonchev–Trinajstić information content (AvgIpc) is 3.02. The number of hydrogen-bond acceptors (Lipinski definition) is 2. The number of thioether (sulfide) groups is 1. The third kappa shape index (κ3) is 2.09. The summed E-state index contributed by atoms with van der Waals surface area (Å²) in [4.78, 5) is 17.7. The Morgan fingerprint density at radius 2 is 1.82 bits per heavy atom. The molecule has 0 fully saturated rings. The van der Waals surface area contributed by atoms with Gasteiger partial charge in [-0.25, -0.2) is 0 Å². The van der Waals surface area contributed by atoms with Gasteiger partial charge in [-0.15, -0.1) is 0 Å². The van der Waals surface area contributed by atoms with E-state index >= 15 is 0 Å². The van der Waals surface area contributed by atoms with Crippen LogP contribution in [0.25, 0.3) is 17.0 Å². The number of nitrogens with one attached hydrogen (secondary N) is 1. The Bertz CT molecular complexity index is 949. The van der Waals surface area contributed by atoms with Crippen molar-refractivity contribution in [2.45, 2.75) is 18.7 Å². The van der Waals surface area contributed by atoms with Crippen LogP contribution < -0.4 is 0 Å². The van der Waals surface area contributed by atoms with Gasteiger partial charge in [0.25, 0.3) is 0 Å². The molecule has 0 saturated heterocycles. The largest absolute Gasteiger partial charge is 0.361 e. The third-order valence-corrected chi connectivity index (χ3v) is 5.08. The van der Waals surface area contributed by atoms with Crippen LogP contribution in [0.1, 0.15) is 27.0 Å². The fraction of sp³-hybridized carbons (Fsp3) is 0.105. The minimum atomic E-state index is 0.130. The predicted molar refractivity (Wildman–Crippen MR) is 92.4 cm³/mol. The number of allylic oxidation sites excluding steroid dienone is 1. The zero-order valence-corrected chi connectivity index (χ0v) is 13.3. The van der Waals surface area contributed by atoms with E-state index in [4.69, 9.17) is 0 Å². The molecule has 0 amide bonds. The first kappa shape index (κ1) is 13.4. The molecular weight excluding hydrogens is 290 g/mol. The lowest BCUT2D eigenvalue weighted by Gasteiger charge is -1.96. The van der Waals surface area contributed by atoms with Crippen LogP contribution in [0.15, 0.2) is 52.4 Å². The van der Waals surface area contributed by atoms with Crippen molar-refractivity contribution in [1.29, 1.82) is 0 Å². The van der Waals surface area contributed by atoms with Crippen molar-refractivity contribution in [3.63, 3.8) is 0 Å². The fourth-order valence-corrected chi connectivity index (χ4v) is 3.85. The fourth-order valence-electron chi connectivity index (χ4n) is 2.83. The smallest absolute Gasteiger partial charge is 0.200 e. The van der Waals surface area contributed by atoms with Gasteiger partial charge in [0.2, 0.25) is 5.78 Å². The van der Waals surface area contributed by atoms with Crippen molar-refractivity contribution in [2.75, 3.05) is 0 Å². The minimum absolute atomic E-state index is 0.130. The number of aryl methyl sites for hydroxylation is 2. The van der Waals surface area contributed by atoms with E-state index in [1.165, 1.54) is 5.56 Å². The van der Waals surface area contributed by atoms with Crippen molar-refractivity contribution in [3.8, 4) is 0 Å². The van der Waals surface area contributed by atoms with Crippen molar-refractivity contribution >= 4 is 34.5 Å². The van der Waals surface area contributed by atoms with Gasteiger partial charge in [0.1, 0.15) is 0 Å². The summed E-state index contributed by atoms with van der Waals surface area (Å²) in [6.45, 7) is 4.09. The van der Waals surface area contributed by atoms with Crippen molar-refractivity contribution in [1.82, 2.24) is 4.98 Å². The first-order chi connectivity index (χ1) is 10.6. The molecule has 2 heterocycles. The number of aromatic amines is 1. The van der Waals surface area contributed by atoms with E-state index in [0.717, 1.165) is 37.4 Å². The van der Waals surface area contributed by atoms with Crippen molar-refractivity contribution < 1.29 is 4.79 Å².